The van der Waals surface area contributed by atoms with Crippen LogP contribution >= 0.6 is 11.3 Å². The lowest BCUT2D eigenvalue weighted by Gasteiger charge is -2.34. The molecule has 1 aliphatic heterocycles. The van der Waals surface area contributed by atoms with E-state index >= 15 is 0 Å². The van der Waals surface area contributed by atoms with Gasteiger partial charge in [-0.15, -0.1) is 11.3 Å². The van der Waals surface area contributed by atoms with Crippen LogP contribution in [0.15, 0.2) is 66.0 Å². The van der Waals surface area contributed by atoms with Crippen molar-refractivity contribution in [2.45, 2.75) is 13.2 Å². The van der Waals surface area contributed by atoms with Crippen LogP contribution in [-0.2, 0) is 13.2 Å². The van der Waals surface area contributed by atoms with E-state index in [-0.39, 0.29) is 11.6 Å². The number of nitro benzene ring substituents is 1. The maximum atomic E-state index is 12.9. The Morgan fingerprint density at radius 3 is 2.39 bits per heavy atom. The molecule has 0 aliphatic carbocycles. The summed E-state index contributed by atoms with van der Waals surface area (Å²) in [5.74, 6) is 0.616. The van der Waals surface area contributed by atoms with Gasteiger partial charge >= 0.3 is 0 Å². The van der Waals surface area contributed by atoms with Crippen LogP contribution < -0.4 is 4.74 Å². The van der Waals surface area contributed by atoms with Gasteiger partial charge in [0.05, 0.1) is 9.80 Å². The summed E-state index contributed by atoms with van der Waals surface area (Å²) in [6, 6.07) is 18.2. The van der Waals surface area contributed by atoms with Gasteiger partial charge in [0.15, 0.2) is 0 Å². The quantitative estimate of drug-likeness (QED) is 0.409. The summed E-state index contributed by atoms with van der Waals surface area (Å²) in [7, 11) is 0. The first-order valence-corrected chi connectivity index (χ1v) is 11.0. The van der Waals surface area contributed by atoms with E-state index in [0.717, 1.165) is 38.3 Å². The molecule has 7 nitrogen and oxygen atoms in total. The third-order valence-electron chi connectivity index (χ3n) is 5.23. The van der Waals surface area contributed by atoms with E-state index in [1.165, 1.54) is 29.0 Å². The van der Waals surface area contributed by atoms with Gasteiger partial charge in [-0.3, -0.25) is 19.8 Å². The molecule has 4 rings (SSSR count). The monoisotopic (exact) mass is 437 g/mol. The summed E-state index contributed by atoms with van der Waals surface area (Å²) in [4.78, 5) is 28.1. The molecule has 1 saturated heterocycles. The summed E-state index contributed by atoms with van der Waals surface area (Å²) in [6.07, 6.45) is 0. The first-order chi connectivity index (χ1) is 15.1. The van der Waals surface area contributed by atoms with Crippen molar-refractivity contribution in [3.63, 3.8) is 0 Å². The van der Waals surface area contributed by atoms with Crippen LogP contribution in [0.5, 0.6) is 5.75 Å². The Morgan fingerprint density at radius 1 is 1.00 bits per heavy atom. The first-order valence-electron chi connectivity index (χ1n) is 10.1. The highest BCUT2D eigenvalue weighted by Crippen LogP contribution is 2.22. The lowest BCUT2D eigenvalue weighted by molar-refractivity contribution is -0.384. The van der Waals surface area contributed by atoms with Gasteiger partial charge < -0.3 is 9.64 Å². The van der Waals surface area contributed by atoms with Crippen LogP contribution in [0.4, 0.5) is 5.69 Å². The molecule has 1 aliphatic rings. The van der Waals surface area contributed by atoms with E-state index in [1.54, 1.807) is 12.1 Å². The van der Waals surface area contributed by atoms with Gasteiger partial charge in [-0.25, -0.2) is 0 Å². The van der Waals surface area contributed by atoms with Gasteiger partial charge in [0.1, 0.15) is 12.4 Å². The van der Waals surface area contributed by atoms with Gasteiger partial charge in [0.2, 0.25) is 0 Å². The van der Waals surface area contributed by atoms with Crippen molar-refractivity contribution in [3.05, 3.63) is 92.2 Å². The Bertz CT molecular complexity index is 1030. The number of amides is 1. The molecule has 0 atom stereocenters. The molecule has 3 aromatic rings. The molecule has 31 heavy (non-hydrogen) atoms. The average Bonchev–Trinajstić information content (AvgIpc) is 3.28. The van der Waals surface area contributed by atoms with E-state index in [9.17, 15) is 14.9 Å². The minimum atomic E-state index is -0.442. The maximum absolute atomic E-state index is 12.9. The third-order valence-corrected chi connectivity index (χ3v) is 6.19. The molecule has 0 N–H and O–H groups in total. The van der Waals surface area contributed by atoms with Crippen LogP contribution in [0.1, 0.15) is 20.8 Å². The first kappa shape index (κ1) is 21.0. The molecule has 1 aromatic heterocycles. The highest BCUT2D eigenvalue weighted by molar-refractivity contribution is 7.12. The number of hydrogen-bond acceptors (Lipinski definition) is 6. The number of rotatable bonds is 7. The number of piperazine rings is 1. The molecule has 2 aromatic carbocycles. The van der Waals surface area contributed by atoms with E-state index < -0.39 is 4.92 Å². The third kappa shape index (κ3) is 5.48. The average molecular weight is 438 g/mol. The minimum Gasteiger partial charge on any atom is -0.489 e. The van der Waals surface area contributed by atoms with Gasteiger partial charge in [-0.05, 0) is 29.1 Å². The number of benzene rings is 2. The van der Waals surface area contributed by atoms with Gasteiger partial charge in [-0.2, -0.15) is 0 Å². The smallest absolute Gasteiger partial charge is 0.269 e. The SMILES string of the molecule is O=C(c1cc(COc2ccc([N+](=O)[O-])cc2)cs1)N1CCN(Cc2ccccc2)CC1. The Labute approximate surface area is 184 Å². The molecule has 0 radical (unpaired) electrons. The predicted octanol–water partition coefficient (Wildman–Crippen LogP) is 4.19. The zero-order chi connectivity index (χ0) is 21.6. The highest BCUT2D eigenvalue weighted by Gasteiger charge is 2.23. The lowest BCUT2D eigenvalue weighted by atomic mass is 10.2. The number of hydrogen-bond donors (Lipinski definition) is 0. The number of nitrogens with zero attached hydrogens (tertiary/aromatic N) is 3. The van der Waals surface area contributed by atoms with Gasteiger partial charge in [0, 0.05) is 50.4 Å². The molecule has 0 unspecified atom stereocenters. The van der Waals surface area contributed by atoms with Crippen LogP contribution in [0.2, 0.25) is 0 Å². The predicted molar refractivity (Wildman–Crippen MR) is 119 cm³/mol. The number of non-ortho nitro benzene ring substituents is 1. The Kier molecular flexibility index (Phi) is 6.59. The number of ether oxygens (including phenoxy) is 1. The normalized spacial score (nSPS) is 14.4. The highest BCUT2D eigenvalue weighted by atomic mass is 32.1. The molecule has 8 heteroatoms. The van der Waals surface area contributed by atoms with Crippen molar-refractivity contribution < 1.29 is 14.5 Å². The molecule has 0 bridgehead atoms. The largest absolute Gasteiger partial charge is 0.489 e. The molecule has 1 amide bonds. The van der Waals surface area contributed by atoms with Gasteiger partial charge in [-0.1, -0.05) is 30.3 Å². The zero-order valence-corrected chi connectivity index (χ0v) is 17.8. The fourth-order valence-corrected chi connectivity index (χ4v) is 4.36. The molecule has 0 saturated carbocycles. The maximum Gasteiger partial charge on any atom is 0.269 e. The van der Waals surface area contributed by atoms with Crippen molar-refractivity contribution >= 4 is 22.9 Å². The second-order valence-corrected chi connectivity index (χ2v) is 8.32. The molecule has 160 valence electrons. The minimum absolute atomic E-state index is 0.0274. The summed E-state index contributed by atoms with van der Waals surface area (Å²) < 4.78 is 5.69. The fraction of sp³-hybridized carbons (Fsp3) is 0.261. The van der Waals surface area contributed by atoms with Gasteiger partial charge in [0.25, 0.3) is 11.6 Å². The van der Waals surface area contributed by atoms with Crippen LogP contribution in [0.3, 0.4) is 0 Å². The number of thiophene rings is 1. The van der Waals surface area contributed by atoms with Crippen molar-refractivity contribution in [1.82, 2.24) is 9.80 Å². The van der Waals surface area contributed by atoms with E-state index in [1.807, 2.05) is 22.4 Å². The van der Waals surface area contributed by atoms with Crippen molar-refractivity contribution in [1.29, 1.82) is 0 Å². The summed E-state index contributed by atoms with van der Waals surface area (Å²) in [5, 5.41) is 12.6. The summed E-state index contributed by atoms with van der Waals surface area (Å²) >= 11 is 1.42. The molecule has 0 spiro atoms. The summed E-state index contributed by atoms with van der Waals surface area (Å²) in [5.41, 5.74) is 2.23. The molecule has 1 fully saturated rings. The topological polar surface area (TPSA) is 75.9 Å². The standard InChI is InChI=1S/C23H23N3O4S/c27-23(25-12-10-24(11-13-25)15-18-4-2-1-3-5-18)22-14-19(17-31-22)16-30-21-8-6-20(7-9-21)26(28)29/h1-9,14,17H,10-13,15-16H2. The Balaban J connectivity index is 1.27. The number of nitro groups is 1. The Hall–Kier alpha value is -3.23. The van der Waals surface area contributed by atoms with Crippen LogP contribution in [0, 0.1) is 10.1 Å². The lowest BCUT2D eigenvalue weighted by Crippen LogP contribution is -2.48. The second-order valence-electron chi connectivity index (χ2n) is 7.41. The van der Waals surface area contributed by atoms with E-state index in [4.69, 9.17) is 4.74 Å². The second kappa shape index (κ2) is 9.72. The van der Waals surface area contributed by atoms with Crippen molar-refractivity contribution in [3.8, 4) is 5.75 Å². The Morgan fingerprint density at radius 2 is 1.71 bits per heavy atom. The van der Waals surface area contributed by atoms with E-state index in [2.05, 4.69) is 29.2 Å². The van der Waals surface area contributed by atoms with Crippen molar-refractivity contribution in [2.75, 3.05) is 26.2 Å². The van der Waals surface area contributed by atoms with Crippen molar-refractivity contribution in [2.24, 2.45) is 0 Å². The molecular formula is C23H23N3O4S. The van der Waals surface area contributed by atoms with Crippen LogP contribution in [0.25, 0.3) is 0 Å². The van der Waals surface area contributed by atoms with E-state index in [0.29, 0.717) is 17.2 Å². The zero-order valence-electron chi connectivity index (χ0n) is 17.0. The van der Waals surface area contributed by atoms with Crippen LogP contribution in [-0.4, -0.2) is 46.8 Å². The fourth-order valence-electron chi connectivity index (χ4n) is 3.50. The molecular weight excluding hydrogens is 414 g/mol. The summed E-state index contributed by atoms with van der Waals surface area (Å²) in [6.45, 7) is 4.39. The number of carbonyl (C=O) groups is 1. The molecule has 2 heterocycles. The number of carbonyl (C=O) groups excluding carboxylic acids is 1.